The molecule has 98 valence electrons. The molecule has 0 radical (unpaired) electrons. The molecule has 0 saturated carbocycles. The number of hydrogen-bond acceptors (Lipinski definition) is 3. The van der Waals surface area contributed by atoms with Crippen LogP contribution in [-0.2, 0) is 0 Å². The average Bonchev–Trinajstić information content (AvgIpc) is 2.34. The molecule has 0 aliphatic heterocycles. The number of ether oxygens (including phenoxy) is 1. The minimum Gasteiger partial charge on any atom is -0.491 e. The Morgan fingerprint density at radius 1 is 1.50 bits per heavy atom. The second-order valence-electron chi connectivity index (χ2n) is 3.24. The van der Waals surface area contributed by atoms with Crippen molar-refractivity contribution in [3.63, 3.8) is 0 Å². The molecule has 0 saturated heterocycles. The minimum absolute atomic E-state index is 0.496. The van der Waals surface area contributed by atoms with Crippen LogP contribution in [0.3, 0.4) is 0 Å². The monoisotopic (exact) mass is 304 g/mol. The predicted octanol–water partition coefficient (Wildman–Crippen LogP) is 3.61. The summed E-state index contributed by atoms with van der Waals surface area (Å²) in [4.78, 5) is 4.06. The quantitative estimate of drug-likeness (QED) is 0.378. The molecule has 0 aromatic heterocycles. The summed E-state index contributed by atoms with van der Waals surface area (Å²) in [6.45, 7) is 4.59. The zero-order chi connectivity index (χ0) is 13.4. The maximum atomic E-state index is 5.96. The maximum Gasteiger partial charge on any atom is 0.154 e. The highest BCUT2D eigenvalue weighted by atomic mass is 35.5. The van der Waals surface area contributed by atoms with Crippen LogP contribution in [0.25, 0.3) is 0 Å². The number of benzene rings is 1. The highest BCUT2D eigenvalue weighted by molar-refractivity contribution is 8.13. The molecule has 0 bridgehead atoms. The molecule has 0 spiro atoms. The van der Waals surface area contributed by atoms with Crippen molar-refractivity contribution in [2.75, 3.05) is 18.9 Å². The van der Waals surface area contributed by atoms with Crippen molar-refractivity contribution < 1.29 is 4.74 Å². The second-order valence-corrected chi connectivity index (χ2v) is 5.20. The van der Waals surface area contributed by atoms with Gasteiger partial charge in [0.2, 0.25) is 0 Å². The summed E-state index contributed by atoms with van der Waals surface area (Å²) in [5, 5.41) is 1.61. The van der Waals surface area contributed by atoms with E-state index in [1.54, 1.807) is 24.3 Å². The molecule has 0 aliphatic rings. The SMILES string of the molecule is C=CCN=C(N)SCCOc1ccc(Cl)cc1Cl. The van der Waals surface area contributed by atoms with Crippen LogP contribution >= 0.6 is 35.0 Å². The lowest BCUT2D eigenvalue weighted by molar-refractivity contribution is 0.344. The molecule has 1 aromatic carbocycles. The Morgan fingerprint density at radius 3 is 2.94 bits per heavy atom. The van der Waals surface area contributed by atoms with E-state index in [-0.39, 0.29) is 0 Å². The predicted molar refractivity (Wildman–Crippen MR) is 81.1 cm³/mol. The summed E-state index contributed by atoms with van der Waals surface area (Å²) in [7, 11) is 0. The van der Waals surface area contributed by atoms with E-state index in [0.29, 0.717) is 39.9 Å². The van der Waals surface area contributed by atoms with Gasteiger partial charge in [0.25, 0.3) is 0 Å². The summed E-state index contributed by atoms with van der Waals surface area (Å²) in [6.07, 6.45) is 1.69. The molecule has 3 nitrogen and oxygen atoms in total. The Bertz CT molecular complexity index is 438. The largest absolute Gasteiger partial charge is 0.491 e. The Hall–Kier alpha value is -0.840. The van der Waals surface area contributed by atoms with E-state index in [4.69, 9.17) is 33.7 Å². The third kappa shape index (κ3) is 5.67. The highest BCUT2D eigenvalue weighted by Gasteiger charge is 2.02. The summed E-state index contributed by atoms with van der Waals surface area (Å²) in [5.74, 6) is 1.31. The fourth-order valence-corrected chi connectivity index (χ4v) is 2.09. The number of nitrogens with two attached hydrogens (primary N) is 1. The van der Waals surface area contributed by atoms with Gasteiger partial charge in [-0.15, -0.1) is 6.58 Å². The lowest BCUT2D eigenvalue weighted by atomic mass is 10.3. The van der Waals surface area contributed by atoms with Crippen molar-refractivity contribution in [2.24, 2.45) is 10.7 Å². The van der Waals surface area contributed by atoms with E-state index in [2.05, 4.69) is 11.6 Å². The summed E-state index contributed by atoms with van der Waals surface area (Å²) in [6, 6.07) is 5.12. The van der Waals surface area contributed by atoms with Gasteiger partial charge < -0.3 is 10.5 Å². The number of hydrogen-bond donors (Lipinski definition) is 1. The fraction of sp³-hybridized carbons (Fsp3) is 0.250. The molecule has 0 aliphatic carbocycles. The number of amidine groups is 1. The first kappa shape index (κ1) is 15.2. The first-order valence-corrected chi connectivity index (χ1v) is 6.99. The molecule has 0 fully saturated rings. The highest BCUT2D eigenvalue weighted by Crippen LogP contribution is 2.27. The number of nitrogens with zero attached hydrogens (tertiary/aromatic N) is 1. The number of thioether (sulfide) groups is 1. The standard InChI is InChI=1S/C12H14Cl2N2OS/c1-2-5-16-12(15)18-7-6-17-11-4-3-9(13)8-10(11)14/h2-4,8H,1,5-7H2,(H2,15,16). The summed E-state index contributed by atoms with van der Waals surface area (Å²) in [5.41, 5.74) is 5.66. The Morgan fingerprint density at radius 2 is 2.28 bits per heavy atom. The molecule has 0 amide bonds. The van der Waals surface area contributed by atoms with Gasteiger partial charge >= 0.3 is 0 Å². The molecule has 0 unspecified atom stereocenters. The molecule has 1 rings (SSSR count). The van der Waals surface area contributed by atoms with Crippen LogP contribution in [0.1, 0.15) is 0 Å². The second kappa shape index (κ2) is 8.29. The number of rotatable bonds is 6. The van der Waals surface area contributed by atoms with E-state index >= 15 is 0 Å². The van der Waals surface area contributed by atoms with Crippen molar-refractivity contribution in [1.29, 1.82) is 0 Å². The zero-order valence-corrected chi connectivity index (χ0v) is 12.1. The lowest BCUT2D eigenvalue weighted by Crippen LogP contribution is -2.11. The van der Waals surface area contributed by atoms with Gasteiger partial charge in [0.15, 0.2) is 5.17 Å². The van der Waals surface area contributed by atoms with E-state index in [1.165, 1.54) is 11.8 Å². The average molecular weight is 305 g/mol. The number of halogens is 2. The third-order valence-corrected chi connectivity index (χ3v) is 3.19. The van der Waals surface area contributed by atoms with Crippen LogP contribution in [0.4, 0.5) is 0 Å². The van der Waals surface area contributed by atoms with Gasteiger partial charge in [0, 0.05) is 10.8 Å². The molecule has 0 heterocycles. The van der Waals surface area contributed by atoms with Crippen LogP contribution in [-0.4, -0.2) is 24.1 Å². The lowest BCUT2D eigenvalue weighted by Gasteiger charge is -2.07. The Labute approximate surface area is 121 Å². The van der Waals surface area contributed by atoms with Crippen molar-refractivity contribution in [1.82, 2.24) is 0 Å². The van der Waals surface area contributed by atoms with Crippen LogP contribution < -0.4 is 10.5 Å². The maximum absolute atomic E-state index is 5.96. The topological polar surface area (TPSA) is 47.6 Å². The summed E-state index contributed by atoms with van der Waals surface area (Å²) < 4.78 is 5.50. The van der Waals surface area contributed by atoms with Gasteiger partial charge in [-0.2, -0.15) is 0 Å². The zero-order valence-electron chi connectivity index (χ0n) is 9.73. The first-order chi connectivity index (χ1) is 8.63. The van der Waals surface area contributed by atoms with E-state index in [9.17, 15) is 0 Å². The van der Waals surface area contributed by atoms with Crippen molar-refractivity contribution in [3.05, 3.63) is 40.9 Å². The van der Waals surface area contributed by atoms with Crippen LogP contribution in [0.15, 0.2) is 35.8 Å². The van der Waals surface area contributed by atoms with Gasteiger partial charge in [-0.3, -0.25) is 4.99 Å². The van der Waals surface area contributed by atoms with Gasteiger partial charge in [-0.1, -0.05) is 41.0 Å². The molecule has 1 aromatic rings. The summed E-state index contributed by atoms with van der Waals surface area (Å²) >= 11 is 13.2. The normalized spacial score (nSPS) is 11.3. The van der Waals surface area contributed by atoms with Gasteiger partial charge in [-0.05, 0) is 18.2 Å². The van der Waals surface area contributed by atoms with Crippen LogP contribution in [0.2, 0.25) is 10.0 Å². The molecule has 2 N–H and O–H groups in total. The van der Waals surface area contributed by atoms with Crippen molar-refractivity contribution in [2.45, 2.75) is 0 Å². The molecular formula is C12H14Cl2N2OS. The molecular weight excluding hydrogens is 291 g/mol. The Balaban J connectivity index is 2.31. The van der Waals surface area contributed by atoms with Crippen molar-refractivity contribution >= 4 is 40.1 Å². The number of aliphatic imine (C=N–C) groups is 1. The first-order valence-electron chi connectivity index (χ1n) is 5.25. The van der Waals surface area contributed by atoms with Crippen LogP contribution in [0, 0.1) is 0 Å². The van der Waals surface area contributed by atoms with Gasteiger partial charge in [0.05, 0.1) is 18.2 Å². The van der Waals surface area contributed by atoms with E-state index < -0.39 is 0 Å². The smallest absolute Gasteiger partial charge is 0.154 e. The Kier molecular flexibility index (Phi) is 7.01. The van der Waals surface area contributed by atoms with Gasteiger partial charge in [-0.25, -0.2) is 0 Å². The molecule has 18 heavy (non-hydrogen) atoms. The fourth-order valence-electron chi connectivity index (χ4n) is 1.09. The minimum atomic E-state index is 0.496. The van der Waals surface area contributed by atoms with Crippen molar-refractivity contribution in [3.8, 4) is 5.75 Å². The van der Waals surface area contributed by atoms with Crippen LogP contribution in [0.5, 0.6) is 5.75 Å². The molecule has 0 atom stereocenters. The van der Waals surface area contributed by atoms with Gasteiger partial charge in [0.1, 0.15) is 5.75 Å². The molecule has 6 heteroatoms. The van der Waals surface area contributed by atoms with E-state index in [0.717, 1.165) is 0 Å². The van der Waals surface area contributed by atoms with E-state index in [1.807, 2.05) is 0 Å². The third-order valence-electron chi connectivity index (χ3n) is 1.86.